The van der Waals surface area contributed by atoms with Gasteiger partial charge in [-0.25, -0.2) is 0 Å². The molecule has 0 bridgehead atoms. The molecule has 1 aliphatic heterocycles. The Morgan fingerprint density at radius 2 is 2.22 bits per heavy atom. The molecule has 2 N–H and O–H groups in total. The van der Waals surface area contributed by atoms with Crippen LogP contribution in [-0.4, -0.2) is 45.5 Å². The van der Waals surface area contributed by atoms with E-state index in [-0.39, 0.29) is 18.8 Å². The van der Waals surface area contributed by atoms with Gasteiger partial charge in [0.1, 0.15) is 0 Å². The van der Waals surface area contributed by atoms with E-state index >= 15 is 0 Å². The van der Waals surface area contributed by atoms with Gasteiger partial charge in [0.05, 0.1) is 24.3 Å². The predicted octanol–water partition coefficient (Wildman–Crippen LogP) is 0.562. The fourth-order valence-corrected chi connectivity index (χ4v) is 2.59. The van der Waals surface area contributed by atoms with Gasteiger partial charge in [-0.1, -0.05) is 0 Å². The zero-order chi connectivity index (χ0) is 12.5. The summed E-state index contributed by atoms with van der Waals surface area (Å²) in [4.78, 5) is 10.5. The lowest BCUT2D eigenvalue weighted by Crippen LogP contribution is -2.32. The van der Waals surface area contributed by atoms with Gasteiger partial charge in [0.25, 0.3) is 0 Å². The van der Waals surface area contributed by atoms with Crippen molar-refractivity contribution in [2.45, 2.75) is 18.6 Å². The molecule has 0 spiro atoms. The SMILES string of the molecule is OC[C@@H]1C[C@@H](O)CN1c1ccnc2ccncc12. The van der Waals surface area contributed by atoms with Gasteiger partial charge < -0.3 is 15.1 Å². The van der Waals surface area contributed by atoms with Crippen molar-refractivity contribution in [1.29, 1.82) is 0 Å². The Morgan fingerprint density at radius 1 is 1.33 bits per heavy atom. The van der Waals surface area contributed by atoms with Crippen molar-refractivity contribution in [2.24, 2.45) is 0 Å². The summed E-state index contributed by atoms with van der Waals surface area (Å²) in [5.74, 6) is 0. The van der Waals surface area contributed by atoms with Gasteiger partial charge in [-0.05, 0) is 18.6 Å². The molecule has 0 unspecified atom stereocenters. The van der Waals surface area contributed by atoms with Crippen LogP contribution in [0, 0.1) is 0 Å². The number of β-amino-alcohol motifs (C(OH)–C–C–N with tert-alkyl or cyclic N) is 1. The van der Waals surface area contributed by atoms with E-state index in [4.69, 9.17) is 0 Å². The molecule has 0 radical (unpaired) electrons. The van der Waals surface area contributed by atoms with Crippen LogP contribution < -0.4 is 4.90 Å². The first-order chi connectivity index (χ1) is 8.79. The number of aliphatic hydroxyl groups excluding tert-OH is 2. The van der Waals surface area contributed by atoms with Gasteiger partial charge in [-0.3, -0.25) is 9.97 Å². The average molecular weight is 245 g/mol. The summed E-state index contributed by atoms with van der Waals surface area (Å²) in [7, 11) is 0. The first-order valence-electron chi connectivity index (χ1n) is 6.04. The minimum atomic E-state index is -0.387. The Kier molecular flexibility index (Phi) is 2.85. The third-order valence-electron chi connectivity index (χ3n) is 3.43. The largest absolute Gasteiger partial charge is 0.394 e. The van der Waals surface area contributed by atoms with Crippen LogP contribution >= 0.6 is 0 Å². The Bertz CT molecular complexity index is 555. The van der Waals surface area contributed by atoms with Crippen molar-refractivity contribution >= 4 is 16.6 Å². The van der Waals surface area contributed by atoms with Crippen molar-refractivity contribution in [3.8, 4) is 0 Å². The van der Waals surface area contributed by atoms with Gasteiger partial charge in [-0.15, -0.1) is 0 Å². The maximum absolute atomic E-state index is 9.75. The van der Waals surface area contributed by atoms with E-state index in [9.17, 15) is 10.2 Å². The average Bonchev–Trinajstić information content (AvgIpc) is 2.79. The second-order valence-electron chi connectivity index (χ2n) is 4.60. The van der Waals surface area contributed by atoms with Crippen molar-refractivity contribution in [2.75, 3.05) is 18.1 Å². The fraction of sp³-hybridized carbons (Fsp3) is 0.385. The third-order valence-corrected chi connectivity index (χ3v) is 3.43. The molecule has 0 amide bonds. The molecule has 1 fully saturated rings. The molecule has 0 aromatic carbocycles. The van der Waals surface area contributed by atoms with Crippen LogP contribution in [0.3, 0.4) is 0 Å². The molecule has 18 heavy (non-hydrogen) atoms. The monoisotopic (exact) mass is 245 g/mol. The number of anilines is 1. The molecule has 2 aromatic rings. The zero-order valence-corrected chi connectivity index (χ0v) is 9.90. The summed E-state index contributed by atoms with van der Waals surface area (Å²) in [6, 6.07) is 3.73. The summed E-state index contributed by atoms with van der Waals surface area (Å²) in [6.45, 7) is 0.584. The summed E-state index contributed by atoms with van der Waals surface area (Å²) in [5, 5.41) is 20.1. The van der Waals surface area contributed by atoms with Crippen LogP contribution in [-0.2, 0) is 0 Å². The molecule has 0 saturated carbocycles. The number of aromatic nitrogens is 2. The van der Waals surface area contributed by atoms with E-state index in [1.165, 1.54) is 0 Å². The molecule has 3 heterocycles. The summed E-state index contributed by atoms with van der Waals surface area (Å²) >= 11 is 0. The second-order valence-corrected chi connectivity index (χ2v) is 4.60. The third kappa shape index (κ3) is 1.81. The van der Waals surface area contributed by atoms with Crippen molar-refractivity contribution in [1.82, 2.24) is 9.97 Å². The number of nitrogens with zero attached hydrogens (tertiary/aromatic N) is 3. The van der Waals surface area contributed by atoms with Crippen LogP contribution in [0.4, 0.5) is 5.69 Å². The molecule has 5 nitrogen and oxygen atoms in total. The molecule has 5 heteroatoms. The number of fused-ring (bicyclic) bond motifs is 1. The summed E-state index contributed by atoms with van der Waals surface area (Å²) < 4.78 is 0. The number of hydrogen-bond acceptors (Lipinski definition) is 5. The Labute approximate surface area is 105 Å². The van der Waals surface area contributed by atoms with E-state index in [1.807, 2.05) is 17.0 Å². The molecule has 2 atom stereocenters. The van der Waals surface area contributed by atoms with E-state index in [2.05, 4.69) is 9.97 Å². The van der Waals surface area contributed by atoms with Gasteiger partial charge in [-0.2, -0.15) is 0 Å². The van der Waals surface area contributed by atoms with E-state index in [0.717, 1.165) is 16.6 Å². The molecule has 94 valence electrons. The van der Waals surface area contributed by atoms with Crippen LogP contribution in [0.1, 0.15) is 6.42 Å². The van der Waals surface area contributed by atoms with E-state index < -0.39 is 0 Å². The highest BCUT2D eigenvalue weighted by Crippen LogP contribution is 2.30. The topological polar surface area (TPSA) is 69.5 Å². The van der Waals surface area contributed by atoms with Crippen LogP contribution in [0.2, 0.25) is 0 Å². The fourth-order valence-electron chi connectivity index (χ4n) is 2.59. The van der Waals surface area contributed by atoms with Gasteiger partial charge in [0, 0.05) is 36.2 Å². The lowest BCUT2D eigenvalue weighted by molar-refractivity contribution is 0.184. The predicted molar refractivity (Wildman–Crippen MR) is 68.4 cm³/mol. The van der Waals surface area contributed by atoms with Crippen molar-refractivity contribution in [3.63, 3.8) is 0 Å². The van der Waals surface area contributed by atoms with Crippen molar-refractivity contribution in [3.05, 3.63) is 30.7 Å². The summed E-state index contributed by atoms with van der Waals surface area (Å²) in [6.07, 6.45) is 5.44. The highest BCUT2D eigenvalue weighted by atomic mass is 16.3. The Morgan fingerprint density at radius 3 is 3.06 bits per heavy atom. The number of hydrogen-bond donors (Lipinski definition) is 2. The molecule has 3 rings (SSSR count). The van der Waals surface area contributed by atoms with Gasteiger partial charge >= 0.3 is 0 Å². The lowest BCUT2D eigenvalue weighted by atomic mass is 10.2. The lowest BCUT2D eigenvalue weighted by Gasteiger charge is -2.25. The standard InChI is InChI=1S/C13H15N3O2/c17-8-9-5-10(18)7-16(9)13-2-4-15-12-1-3-14-6-11(12)13/h1-4,6,9-10,17-18H,5,7-8H2/t9-,10+/m0/s1. The van der Waals surface area contributed by atoms with Gasteiger partial charge in [0.2, 0.25) is 0 Å². The Hall–Kier alpha value is -1.72. The number of rotatable bonds is 2. The molecule has 2 aromatic heterocycles. The van der Waals surface area contributed by atoms with Crippen LogP contribution in [0.15, 0.2) is 30.7 Å². The quantitative estimate of drug-likeness (QED) is 0.809. The highest BCUT2D eigenvalue weighted by Gasteiger charge is 2.31. The zero-order valence-electron chi connectivity index (χ0n) is 9.90. The molecular formula is C13H15N3O2. The van der Waals surface area contributed by atoms with Gasteiger partial charge in [0.15, 0.2) is 0 Å². The van der Waals surface area contributed by atoms with Crippen LogP contribution in [0.5, 0.6) is 0 Å². The van der Waals surface area contributed by atoms with E-state index in [0.29, 0.717) is 13.0 Å². The summed E-state index contributed by atoms with van der Waals surface area (Å²) in [5.41, 5.74) is 1.85. The maximum atomic E-state index is 9.75. The Balaban J connectivity index is 2.08. The number of aliphatic hydroxyl groups is 2. The molecular weight excluding hydrogens is 230 g/mol. The first-order valence-corrected chi connectivity index (χ1v) is 6.04. The number of pyridine rings is 2. The molecule has 1 saturated heterocycles. The minimum absolute atomic E-state index is 0.0363. The normalized spacial score (nSPS) is 23.8. The van der Waals surface area contributed by atoms with Crippen LogP contribution in [0.25, 0.3) is 10.9 Å². The van der Waals surface area contributed by atoms with Crippen molar-refractivity contribution < 1.29 is 10.2 Å². The van der Waals surface area contributed by atoms with E-state index in [1.54, 1.807) is 18.6 Å². The maximum Gasteiger partial charge on any atom is 0.0753 e. The smallest absolute Gasteiger partial charge is 0.0753 e. The first kappa shape index (κ1) is 11.4. The molecule has 1 aliphatic rings. The molecule has 0 aliphatic carbocycles. The second kappa shape index (κ2) is 4.51. The minimum Gasteiger partial charge on any atom is -0.394 e. The highest BCUT2D eigenvalue weighted by molar-refractivity contribution is 5.91.